The van der Waals surface area contributed by atoms with Crippen LogP contribution in [0.15, 0.2) is 48.5 Å². The van der Waals surface area contributed by atoms with E-state index >= 15 is 0 Å². The molecule has 0 aromatic heterocycles. The molecule has 1 saturated heterocycles. The second-order valence-electron chi connectivity index (χ2n) is 7.10. The largest absolute Gasteiger partial charge is 0.490 e. The molecular formula is C23H28N2O4. The molecule has 0 amide bonds. The highest BCUT2D eigenvalue weighted by Gasteiger charge is 2.20. The fourth-order valence-electron chi connectivity index (χ4n) is 3.44. The van der Waals surface area contributed by atoms with Crippen molar-refractivity contribution < 1.29 is 19.0 Å². The molecule has 154 valence electrons. The van der Waals surface area contributed by atoms with Crippen molar-refractivity contribution in [2.75, 3.05) is 19.7 Å². The van der Waals surface area contributed by atoms with E-state index in [9.17, 15) is 4.79 Å². The van der Waals surface area contributed by atoms with Crippen molar-refractivity contribution in [1.82, 2.24) is 4.90 Å². The number of nitrogens with zero attached hydrogens (tertiary/aromatic N) is 1. The number of carbonyl (C=O) groups is 1. The predicted octanol–water partition coefficient (Wildman–Crippen LogP) is 3.82. The summed E-state index contributed by atoms with van der Waals surface area (Å²) in [5, 5.41) is 6.97. The van der Waals surface area contributed by atoms with Gasteiger partial charge in [0.1, 0.15) is 17.6 Å². The molecule has 6 heteroatoms. The minimum absolute atomic E-state index is 0.203. The van der Waals surface area contributed by atoms with Crippen LogP contribution in [0.4, 0.5) is 0 Å². The summed E-state index contributed by atoms with van der Waals surface area (Å²) in [7, 11) is 0. The fraction of sp³-hybridized carbons (Fsp3) is 0.391. The Morgan fingerprint density at radius 2 is 1.66 bits per heavy atom. The highest BCUT2D eigenvalue weighted by molar-refractivity contribution is 5.72. The Morgan fingerprint density at radius 1 is 1.03 bits per heavy atom. The first-order valence-electron chi connectivity index (χ1n) is 10.0. The third-order valence-corrected chi connectivity index (χ3v) is 4.94. The predicted molar refractivity (Wildman–Crippen MR) is 112 cm³/mol. The first-order valence-corrected chi connectivity index (χ1v) is 10.0. The molecule has 0 unspecified atom stereocenters. The van der Waals surface area contributed by atoms with Crippen LogP contribution in [0.3, 0.4) is 0 Å². The zero-order valence-electron chi connectivity index (χ0n) is 16.8. The molecular weight excluding hydrogens is 368 g/mol. The van der Waals surface area contributed by atoms with Gasteiger partial charge in [0.2, 0.25) is 0 Å². The first-order chi connectivity index (χ1) is 14.2. The molecule has 1 aliphatic heterocycles. The number of benzene rings is 2. The van der Waals surface area contributed by atoms with Gasteiger partial charge in [0.15, 0.2) is 6.40 Å². The van der Waals surface area contributed by atoms with Crippen LogP contribution in [0.25, 0.3) is 0 Å². The quantitative estimate of drug-likeness (QED) is 0.396. The van der Waals surface area contributed by atoms with E-state index in [4.69, 9.17) is 19.6 Å². The summed E-state index contributed by atoms with van der Waals surface area (Å²) < 4.78 is 16.1. The molecule has 1 aliphatic rings. The van der Waals surface area contributed by atoms with Crippen LogP contribution in [0.5, 0.6) is 11.5 Å². The van der Waals surface area contributed by atoms with Crippen molar-refractivity contribution in [3.8, 4) is 11.5 Å². The van der Waals surface area contributed by atoms with E-state index in [1.807, 2.05) is 55.5 Å². The van der Waals surface area contributed by atoms with Crippen LogP contribution < -0.4 is 9.47 Å². The third kappa shape index (κ3) is 6.61. The van der Waals surface area contributed by atoms with Gasteiger partial charge in [-0.1, -0.05) is 24.3 Å². The van der Waals surface area contributed by atoms with E-state index in [0.29, 0.717) is 18.8 Å². The Morgan fingerprint density at radius 3 is 2.28 bits per heavy atom. The van der Waals surface area contributed by atoms with Gasteiger partial charge in [-0.15, -0.1) is 0 Å². The van der Waals surface area contributed by atoms with E-state index < -0.39 is 0 Å². The highest BCUT2D eigenvalue weighted by Crippen LogP contribution is 2.21. The van der Waals surface area contributed by atoms with Gasteiger partial charge in [-0.25, -0.2) is 0 Å². The standard InChI is InChI=1S/C23H28N2O4/c1-2-27-23(26)15-18-3-9-21(10-4-18)29-22-11-13-25(14-12-22)16-19-5-7-20(8-6-19)28-17-24/h3-10,17,22,24H,2,11-16H2,1H3. The van der Waals surface area contributed by atoms with E-state index in [2.05, 4.69) is 4.90 Å². The molecule has 0 spiro atoms. The minimum atomic E-state index is -0.203. The zero-order chi connectivity index (χ0) is 20.5. The molecule has 1 heterocycles. The monoisotopic (exact) mass is 396 g/mol. The molecule has 2 aromatic carbocycles. The van der Waals surface area contributed by atoms with Gasteiger partial charge in [-0.2, -0.15) is 0 Å². The van der Waals surface area contributed by atoms with Crippen LogP contribution in [0, 0.1) is 5.41 Å². The van der Waals surface area contributed by atoms with Crippen molar-refractivity contribution in [3.05, 3.63) is 59.7 Å². The first kappa shape index (κ1) is 20.9. The van der Waals surface area contributed by atoms with Gasteiger partial charge in [0, 0.05) is 19.6 Å². The van der Waals surface area contributed by atoms with Gasteiger partial charge >= 0.3 is 5.97 Å². The third-order valence-electron chi connectivity index (χ3n) is 4.94. The maximum atomic E-state index is 11.5. The van der Waals surface area contributed by atoms with E-state index in [0.717, 1.165) is 50.2 Å². The van der Waals surface area contributed by atoms with Crippen molar-refractivity contribution in [2.24, 2.45) is 0 Å². The van der Waals surface area contributed by atoms with E-state index in [1.54, 1.807) is 0 Å². The van der Waals surface area contributed by atoms with E-state index in [-0.39, 0.29) is 12.1 Å². The van der Waals surface area contributed by atoms with Gasteiger partial charge in [0.25, 0.3) is 0 Å². The molecule has 6 nitrogen and oxygen atoms in total. The maximum Gasteiger partial charge on any atom is 0.310 e. The number of esters is 1. The van der Waals surface area contributed by atoms with Crippen LogP contribution in [0.2, 0.25) is 0 Å². The average molecular weight is 396 g/mol. The van der Waals surface area contributed by atoms with Crippen LogP contribution in [-0.4, -0.2) is 43.1 Å². The molecule has 29 heavy (non-hydrogen) atoms. The smallest absolute Gasteiger partial charge is 0.310 e. The topological polar surface area (TPSA) is 71.8 Å². The molecule has 0 atom stereocenters. The summed E-state index contributed by atoms with van der Waals surface area (Å²) in [6, 6.07) is 15.6. The molecule has 0 aliphatic carbocycles. The minimum Gasteiger partial charge on any atom is -0.490 e. The number of hydrogen-bond acceptors (Lipinski definition) is 6. The Kier molecular flexibility index (Phi) is 7.64. The van der Waals surface area contributed by atoms with Crippen molar-refractivity contribution in [3.63, 3.8) is 0 Å². The van der Waals surface area contributed by atoms with Gasteiger partial charge in [-0.05, 0) is 55.2 Å². The number of likely N-dealkylation sites (tertiary alicyclic amines) is 1. The van der Waals surface area contributed by atoms with Gasteiger partial charge in [0.05, 0.1) is 13.0 Å². The van der Waals surface area contributed by atoms with Crippen LogP contribution in [0.1, 0.15) is 30.9 Å². The summed E-state index contributed by atoms with van der Waals surface area (Å²) in [6.07, 6.45) is 3.42. The zero-order valence-corrected chi connectivity index (χ0v) is 16.8. The molecule has 1 fully saturated rings. The number of hydrogen-bond donors (Lipinski definition) is 1. The van der Waals surface area contributed by atoms with E-state index in [1.165, 1.54) is 5.56 Å². The second-order valence-corrected chi connectivity index (χ2v) is 7.10. The molecule has 0 saturated carbocycles. The molecule has 3 rings (SSSR count). The molecule has 2 aromatic rings. The summed E-state index contributed by atoms with van der Waals surface area (Å²) >= 11 is 0. The van der Waals surface area contributed by atoms with Crippen LogP contribution >= 0.6 is 0 Å². The SMILES string of the molecule is CCOC(=O)Cc1ccc(OC2CCN(Cc3ccc(OC=N)cc3)CC2)cc1. The summed E-state index contributed by atoms with van der Waals surface area (Å²) in [5.74, 6) is 1.33. The molecule has 0 radical (unpaired) electrons. The Hall–Kier alpha value is -2.86. The summed E-state index contributed by atoms with van der Waals surface area (Å²) in [4.78, 5) is 14.0. The molecule has 1 N–H and O–H groups in total. The lowest BCUT2D eigenvalue weighted by Crippen LogP contribution is -2.37. The molecule has 0 bridgehead atoms. The average Bonchev–Trinajstić information content (AvgIpc) is 2.73. The number of nitrogens with one attached hydrogen (secondary N) is 1. The van der Waals surface area contributed by atoms with Crippen molar-refractivity contribution in [2.45, 2.75) is 38.8 Å². The summed E-state index contributed by atoms with van der Waals surface area (Å²) in [5.41, 5.74) is 2.17. The Balaban J connectivity index is 1.42. The Labute approximate surface area is 171 Å². The van der Waals surface area contributed by atoms with Gasteiger partial charge in [-0.3, -0.25) is 15.1 Å². The second kappa shape index (κ2) is 10.6. The lowest BCUT2D eigenvalue weighted by molar-refractivity contribution is -0.142. The lowest BCUT2D eigenvalue weighted by atomic mass is 10.1. The maximum absolute atomic E-state index is 11.5. The van der Waals surface area contributed by atoms with Crippen molar-refractivity contribution in [1.29, 1.82) is 5.41 Å². The number of piperidine rings is 1. The summed E-state index contributed by atoms with van der Waals surface area (Å²) in [6.45, 7) is 5.10. The lowest BCUT2D eigenvalue weighted by Gasteiger charge is -2.32. The van der Waals surface area contributed by atoms with Crippen LogP contribution in [-0.2, 0) is 22.5 Å². The number of ether oxygens (including phenoxy) is 3. The van der Waals surface area contributed by atoms with Gasteiger partial charge < -0.3 is 14.2 Å². The fourth-order valence-corrected chi connectivity index (χ4v) is 3.44. The number of carbonyl (C=O) groups excluding carboxylic acids is 1. The normalized spacial score (nSPS) is 14.9. The number of rotatable bonds is 9. The Bertz CT molecular complexity index is 782. The van der Waals surface area contributed by atoms with Crippen molar-refractivity contribution >= 4 is 12.4 Å². The highest BCUT2D eigenvalue weighted by atomic mass is 16.5.